The monoisotopic (exact) mass is 345 g/mol. The highest BCUT2D eigenvalue weighted by molar-refractivity contribution is 9.09. The Bertz CT molecular complexity index is 503. The van der Waals surface area contributed by atoms with Crippen LogP contribution in [-0.4, -0.2) is 36.4 Å². The summed E-state index contributed by atoms with van der Waals surface area (Å²) in [7, 11) is -3.15. The zero-order valence-electron chi connectivity index (χ0n) is 11.1. The number of halogens is 1. The lowest BCUT2D eigenvalue weighted by Crippen LogP contribution is -2.40. The van der Waals surface area contributed by atoms with Crippen LogP contribution in [0.25, 0.3) is 0 Å². The van der Waals surface area contributed by atoms with Crippen molar-refractivity contribution in [2.45, 2.75) is 25.8 Å². The molecule has 2 rings (SSSR count). The summed E-state index contributed by atoms with van der Waals surface area (Å²) < 4.78 is 26.5. The van der Waals surface area contributed by atoms with Crippen LogP contribution in [0.4, 0.5) is 0 Å². The number of rotatable bonds is 5. The van der Waals surface area contributed by atoms with Gasteiger partial charge < -0.3 is 0 Å². The molecule has 3 nitrogen and oxygen atoms in total. The third-order valence-electron chi connectivity index (χ3n) is 3.84. The molecule has 0 spiro atoms. The van der Waals surface area contributed by atoms with Gasteiger partial charge in [-0.2, -0.15) is 4.31 Å². The second-order valence-electron chi connectivity index (χ2n) is 5.15. The Kier molecular flexibility index (Phi) is 5.03. The summed E-state index contributed by atoms with van der Waals surface area (Å²) in [4.78, 5) is 0. The highest BCUT2D eigenvalue weighted by Gasteiger charge is 2.37. The number of hydrogen-bond donors (Lipinski definition) is 0. The molecule has 1 fully saturated rings. The van der Waals surface area contributed by atoms with Gasteiger partial charge in [0, 0.05) is 17.9 Å². The Morgan fingerprint density at radius 1 is 1.32 bits per heavy atom. The molecule has 1 aromatic rings. The molecular formula is C14H20BrNO2S. The van der Waals surface area contributed by atoms with Crippen molar-refractivity contribution in [3.63, 3.8) is 0 Å². The van der Waals surface area contributed by atoms with Crippen LogP contribution in [0.5, 0.6) is 0 Å². The SMILES string of the molecule is CC1CCN(S(=O)(=O)CCc2ccccc2)C1CBr. The number of hydrogen-bond acceptors (Lipinski definition) is 2. The van der Waals surface area contributed by atoms with Crippen LogP contribution in [-0.2, 0) is 16.4 Å². The molecule has 0 bridgehead atoms. The highest BCUT2D eigenvalue weighted by atomic mass is 79.9. The van der Waals surface area contributed by atoms with Gasteiger partial charge in [0.25, 0.3) is 0 Å². The van der Waals surface area contributed by atoms with Gasteiger partial charge in [0.05, 0.1) is 5.75 Å². The van der Waals surface area contributed by atoms with Gasteiger partial charge in [-0.15, -0.1) is 0 Å². The van der Waals surface area contributed by atoms with Crippen molar-refractivity contribution in [3.8, 4) is 0 Å². The second-order valence-corrected chi connectivity index (χ2v) is 7.84. The Hall–Kier alpha value is -0.390. The van der Waals surface area contributed by atoms with Gasteiger partial charge in [-0.1, -0.05) is 53.2 Å². The maximum absolute atomic E-state index is 12.4. The van der Waals surface area contributed by atoms with E-state index < -0.39 is 10.0 Å². The number of sulfonamides is 1. The third-order valence-corrected chi connectivity index (χ3v) is 6.39. The lowest BCUT2D eigenvalue weighted by Gasteiger charge is -2.24. The third kappa shape index (κ3) is 3.58. The summed E-state index contributed by atoms with van der Waals surface area (Å²) >= 11 is 3.44. The van der Waals surface area contributed by atoms with E-state index in [9.17, 15) is 8.42 Å². The fourth-order valence-corrected chi connectivity index (χ4v) is 5.54. The molecule has 1 saturated heterocycles. The van der Waals surface area contributed by atoms with Crippen LogP contribution >= 0.6 is 15.9 Å². The Balaban J connectivity index is 2.03. The number of benzene rings is 1. The molecule has 1 heterocycles. The minimum atomic E-state index is -3.15. The zero-order chi connectivity index (χ0) is 13.9. The molecule has 0 amide bonds. The maximum Gasteiger partial charge on any atom is 0.214 e. The molecule has 0 aliphatic carbocycles. The lowest BCUT2D eigenvalue weighted by molar-refractivity contribution is 0.378. The normalized spacial score (nSPS) is 24.7. The molecule has 0 aromatic heterocycles. The molecule has 0 N–H and O–H groups in total. The molecule has 0 saturated carbocycles. The average molecular weight is 346 g/mol. The van der Waals surface area contributed by atoms with Crippen LogP contribution in [0.2, 0.25) is 0 Å². The van der Waals surface area contributed by atoms with Crippen LogP contribution in [0.1, 0.15) is 18.9 Å². The Labute approximate surface area is 124 Å². The van der Waals surface area contributed by atoms with Gasteiger partial charge in [0.15, 0.2) is 0 Å². The number of alkyl halides is 1. The van der Waals surface area contributed by atoms with Gasteiger partial charge in [-0.25, -0.2) is 8.42 Å². The molecule has 1 aromatic carbocycles. The zero-order valence-corrected chi connectivity index (χ0v) is 13.5. The molecule has 2 atom stereocenters. The quantitative estimate of drug-likeness (QED) is 0.769. The molecule has 0 radical (unpaired) electrons. The molecule has 2 unspecified atom stereocenters. The molecular weight excluding hydrogens is 326 g/mol. The van der Waals surface area contributed by atoms with E-state index in [4.69, 9.17) is 0 Å². The summed E-state index contributed by atoms with van der Waals surface area (Å²) in [6.07, 6.45) is 1.55. The second kappa shape index (κ2) is 6.37. The number of nitrogens with zero attached hydrogens (tertiary/aromatic N) is 1. The molecule has 106 valence electrons. The molecule has 5 heteroatoms. The minimum absolute atomic E-state index is 0.112. The minimum Gasteiger partial charge on any atom is -0.212 e. The van der Waals surface area contributed by atoms with Crippen molar-refractivity contribution in [1.82, 2.24) is 4.31 Å². The first-order valence-electron chi connectivity index (χ1n) is 6.64. The van der Waals surface area contributed by atoms with Crippen LogP contribution in [0.15, 0.2) is 30.3 Å². The van der Waals surface area contributed by atoms with E-state index in [0.29, 0.717) is 18.9 Å². The van der Waals surface area contributed by atoms with Crippen molar-refractivity contribution < 1.29 is 8.42 Å². The topological polar surface area (TPSA) is 37.4 Å². The fraction of sp³-hybridized carbons (Fsp3) is 0.571. The first kappa shape index (κ1) is 15.0. The van der Waals surface area contributed by atoms with Crippen molar-refractivity contribution >= 4 is 26.0 Å². The summed E-state index contributed by atoms with van der Waals surface area (Å²) in [5.41, 5.74) is 1.08. The maximum atomic E-state index is 12.4. The molecule has 1 aliphatic heterocycles. The van der Waals surface area contributed by atoms with Gasteiger partial charge >= 0.3 is 0 Å². The standard InChI is InChI=1S/C14H20BrNO2S/c1-12-7-9-16(14(12)11-15)19(17,18)10-8-13-5-3-2-4-6-13/h2-6,12,14H,7-11H2,1H3. The van der Waals surface area contributed by atoms with Crippen LogP contribution in [0, 0.1) is 5.92 Å². The van der Waals surface area contributed by atoms with Crippen LogP contribution < -0.4 is 0 Å². The molecule has 19 heavy (non-hydrogen) atoms. The van der Waals surface area contributed by atoms with Gasteiger partial charge in [0.1, 0.15) is 0 Å². The van der Waals surface area contributed by atoms with Crippen molar-refractivity contribution in [2.24, 2.45) is 5.92 Å². The predicted molar refractivity (Wildman–Crippen MR) is 82.0 cm³/mol. The fourth-order valence-electron chi connectivity index (χ4n) is 2.56. The van der Waals surface area contributed by atoms with Gasteiger partial charge in [-0.05, 0) is 24.3 Å². The van der Waals surface area contributed by atoms with E-state index in [2.05, 4.69) is 22.9 Å². The van der Waals surface area contributed by atoms with E-state index in [1.807, 2.05) is 30.3 Å². The van der Waals surface area contributed by atoms with E-state index in [-0.39, 0.29) is 11.8 Å². The lowest BCUT2D eigenvalue weighted by atomic mass is 10.1. The first-order chi connectivity index (χ1) is 9.04. The predicted octanol–water partition coefficient (Wildman–Crippen LogP) is 2.66. The number of aryl methyl sites for hydroxylation is 1. The van der Waals surface area contributed by atoms with Crippen LogP contribution in [0.3, 0.4) is 0 Å². The van der Waals surface area contributed by atoms with Gasteiger partial charge in [-0.3, -0.25) is 0 Å². The van der Waals surface area contributed by atoms with Crippen molar-refractivity contribution in [3.05, 3.63) is 35.9 Å². The van der Waals surface area contributed by atoms with E-state index in [1.54, 1.807) is 4.31 Å². The Morgan fingerprint density at radius 3 is 2.63 bits per heavy atom. The summed E-state index contributed by atoms with van der Waals surface area (Å²) in [6.45, 7) is 2.78. The summed E-state index contributed by atoms with van der Waals surface area (Å²) in [5, 5.41) is 0.721. The van der Waals surface area contributed by atoms with E-state index in [1.165, 1.54) is 0 Å². The van der Waals surface area contributed by atoms with Crippen molar-refractivity contribution in [2.75, 3.05) is 17.6 Å². The first-order valence-corrected chi connectivity index (χ1v) is 9.37. The summed E-state index contributed by atoms with van der Waals surface area (Å²) in [6, 6.07) is 9.90. The van der Waals surface area contributed by atoms with Crippen molar-refractivity contribution in [1.29, 1.82) is 0 Å². The highest BCUT2D eigenvalue weighted by Crippen LogP contribution is 2.28. The summed E-state index contributed by atoms with van der Waals surface area (Å²) in [5.74, 6) is 0.638. The largest absolute Gasteiger partial charge is 0.214 e. The van der Waals surface area contributed by atoms with E-state index in [0.717, 1.165) is 17.3 Å². The smallest absolute Gasteiger partial charge is 0.212 e. The van der Waals surface area contributed by atoms with Gasteiger partial charge in [0.2, 0.25) is 10.0 Å². The molecule has 1 aliphatic rings. The Morgan fingerprint density at radius 2 is 2.00 bits per heavy atom. The van der Waals surface area contributed by atoms with E-state index >= 15 is 0 Å². The average Bonchev–Trinajstić information content (AvgIpc) is 2.79.